The molecule has 0 amide bonds. The molecule has 0 fully saturated rings. The van der Waals surface area contributed by atoms with Gasteiger partial charge in [-0.15, -0.1) is 0 Å². The number of ether oxygens (including phenoxy) is 6. The first-order valence-corrected chi connectivity index (χ1v) is 15.7. The highest BCUT2D eigenvalue weighted by Gasteiger charge is 2.14. The lowest BCUT2D eigenvalue weighted by atomic mass is 10.0. The van der Waals surface area contributed by atoms with Gasteiger partial charge in [0.2, 0.25) is 0 Å². The van der Waals surface area contributed by atoms with E-state index in [1.807, 2.05) is 6.92 Å². The summed E-state index contributed by atoms with van der Waals surface area (Å²) >= 11 is 0. The summed E-state index contributed by atoms with van der Waals surface area (Å²) in [6.07, 6.45) is 0. The SMILES string of the molecule is Cc1ccc(S(=O)(=O)OCCOCCOCCOc2ccc(C(=O)c3ccc(OCCOCCOCCO)cc3)cc2)cc1. The molecule has 0 bridgehead atoms. The van der Waals surface area contributed by atoms with Gasteiger partial charge in [-0.3, -0.25) is 8.98 Å². The average Bonchev–Trinajstić information content (AvgIpc) is 3.03. The molecule has 0 atom stereocenters. The second-order valence-corrected chi connectivity index (χ2v) is 11.0. The van der Waals surface area contributed by atoms with Crippen molar-refractivity contribution in [2.24, 2.45) is 0 Å². The van der Waals surface area contributed by atoms with E-state index < -0.39 is 10.1 Å². The Kier molecular flexibility index (Phi) is 15.8. The highest BCUT2D eigenvalue weighted by molar-refractivity contribution is 7.86. The largest absolute Gasteiger partial charge is 0.491 e. The summed E-state index contributed by atoms with van der Waals surface area (Å²) in [5.41, 5.74) is 2.04. The first kappa shape index (κ1) is 35.1. The molecule has 0 saturated heterocycles. The zero-order valence-corrected chi connectivity index (χ0v) is 25.7. The molecule has 0 saturated carbocycles. The monoisotopic (exact) mass is 632 g/mol. The Hall–Kier alpha value is -3.36. The number of aryl methyl sites for hydroxylation is 1. The van der Waals surface area contributed by atoms with Crippen molar-refractivity contribution in [3.05, 3.63) is 89.5 Å². The van der Waals surface area contributed by atoms with Gasteiger partial charge in [-0.05, 0) is 67.6 Å². The van der Waals surface area contributed by atoms with E-state index in [4.69, 9.17) is 37.7 Å². The van der Waals surface area contributed by atoms with Crippen LogP contribution in [0.1, 0.15) is 21.5 Å². The number of rotatable bonds is 23. The number of carbonyl (C=O) groups excluding carboxylic acids is 1. The van der Waals surface area contributed by atoms with Gasteiger partial charge < -0.3 is 33.5 Å². The number of benzene rings is 3. The lowest BCUT2D eigenvalue weighted by Crippen LogP contribution is -2.14. The van der Waals surface area contributed by atoms with Crippen LogP contribution in [0.2, 0.25) is 0 Å². The van der Waals surface area contributed by atoms with E-state index in [0.29, 0.717) is 75.5 Å². The first-order valence-electron chi connectivity index (χ1n) is 14.3. The van der Waals surface area contributed by atoms with Crippen molar-refractivity contribution in [1.82, 2.24) is 0 Å². The molecule has 0 heterocycles. The summed E-state index contributed by atoms with van der Waals surface area (Å²) in [4.78, 5) is 12.9. The molecule has 12 heteroatoms. The Labute approximate surface area is 258 Å². The maximum atomic E-state index is 12.8. The lowest BCUT2D eigenvalue weighted by Gasteiger charge is -2.09. The predicted molar refractivity (Wildman–Crippen MR) is 162 cm³/mol. The van der Waals surface area contributed by atoms with Crippen LogP contribution in [0.15, 0.2) is 77.7 Å². The maximum Gasteiger partial charge on any atom is 0.297 e. The minimum atomic E-state index is -3.80. The predicted octanol–water partition coefficient (Wildman–Crippen LogP) is 3.45. The molecule has 3 aromatic carbocycles. The van der Waals surface area contributed by atoms with Crippen LogP contribution in [0.4, 0.5) is 0 Å². The van der Waals surface area contributed by atoms with Crippen molar-refractivity contribution in [2.75, 3.05) is 79.3 Å². The Morgan fingerprint density at radius 3 is 1.43 bits per heavy atom. The maximum absolute atomic E-state index is 12.8. The van der Waals surface area contributed by atoms with Crippen molar-refractivity contribution in [1.29, 1.82) is 0 Å². The van der Waals surface area contributed by atoms with Crippen molar-refractivity contribution in [3.8, 4) is 11.5 Å². The van der Waals surface area contributed by atoms with Gasteiger partial charge in [0.1, 0.15) is 24.7 Å². The second-order valence-electron chi connectivity index (χ2n) is 9.34. The van der Waals surface area contributed by atoms with Crippen LogP contribution in [0.25, 0.3) is 0 Å². The highest BCUT2D eigenvalue weighted by Crippen LogP contribution is 2.18. The molecule has 0 aliphatic heterocycles. The van der Waals surface area contributed by atoms with Gasteiger partial charge in [0, 0.05) is 11.1 Å². The van der Waals surface area contributed by atoms with Crippen LogP contribution in [-0.2, 0) is 33.2 Å². The van der Waals surface area contributed by atoms with E-state index in [0.717, 1.165) is 5.56 Å². The fourth-order valence-corrected chi connectivity index (χ4v) is 4.59. The fourth-order valence-electron chi connectivity index (χ4n) is 3.69. The molecule has 240 valence electrons. The van der Waals surface area contributed by atoms with E-state index in [-0.39, 0.29) is 37.1 Å². The molecule has 0 spiro atoms. The minimum Gasteiger partial charge on any atom is -0.491 e. The summed E-state index contributed by atoms with van der Waals surface area (Å²) in [6, 6.07) is 20.2. The average molecular weight is 633 g/mol. The number of carbonyl (C=O) groups is 1. The molecular weight excluding hydrogens is 592 g/mol. The molecule has 0 unspecified atom stereocenters. The summed E-state index contributed by atoms with van der Waals surface area (Å²) in [5, 5.41) is 8.64. The van der Waals surface area contributed by atoms with E-state index in [1.165, 1.54) is 12.1 Å². The number of aliphatic hydroxyl groups excluding tert-OH is 1. The fraction of sp³-hybridized carbons (Fsp3) is 0.406. The third-order valence-corrected chi connectivity index (χ3v) is 7.31. The van der Waals surface area contributed by atoms with E-state index >= 15 is 0 Å². The summed E-state index contributed by atoms with van der Waals surface area (Å²) in [6.45, 7) is 5.07. The Morgan fingerprint density at radius 1 is 0.568 bits per heavy atom. The van der Waals surface area contributed by atoms with E-state index in [9.17, 15) is 13.2 Å². The second kappa shape index (κ2) is 19.8. The zero-order chi connectivity index (χ0) is 31.5. The molecule has 3 rings (SSSR count). The Morgan fingerprint density at radius 2 is 0.977 bits per heavy atom. The van der Waals surface area contributed by atoms with Crippen molar-refractivity contribution in [2.45, 2.75) is 11.8 Å². The van der Waals surface area contributed by atoms with Crippen molar-refractivity contribution in [3.63, 3.8) is 0 Å². The third kappa shape index (κ3) is 13.1. The smallest absolute Gasteiger partial charge is 0.297 e. The van der Waals surface area contributed by atoms with Crippen molar-refractivity contribution >= 4 is 15.9 Å². The quantitative estimate of drug-likeness (QED) is 0.0935. The van der Waals surface area contributed by atoms with Crippen LogP contribution < -0.4 is 9.47 Å². The Balaban J connectivity index is 1.23. The van der Waals surface area contributed by atoms with Gasteiger partial charge in [-0.1, -0.05) is 17.7 Å². The van der Waals surface area contributed by atoms with Gasteiger partial charge in [-0.25, -0.2) is 0 Å². The van der Waals surface area contributed by atoms with Gasteiger partial charge in [0.25, 0.3) is 10.1 Å². The molecule has 44 heavy (non-hydrogen) atoms. The molecular formula is C32H40O11S. The Bertz CT molecular complexity index is 1330. The molecule has 1 N–H and O–H groups in total. The minimum absolute atomic E-state index is 0.00899. The molecule has 0 radical (unpaired) electrons. The third-order valence-electron chi connectivity index (χ3n) is 5.98. The molecule has 3 aromatic rings. The van der Waals surface area contributed by atoms with Gasteiger partial charge in [0.05, 0.1) is 71.0 Å². The summed E-state index contributed by atoms with van der Waals surface area (Å²) in [7, 11) is -3.80. The normalized spacial score (nSPS) is 11.4. The van der Waals surface area contributed by atoms with E-state index in [2.05, 4.69) is 0 Å². The standard InChI is InChI=1S/C32H40O11S/c1-26-2-12-31(13-3-26)44(35,36)43-25-22-40-19-18-39-21-24-42-30-10-6-28(7-11-30)32(34)27-4-8-29(9-5-27)41-23-20-38-17-16-37-15-14-33/h2-13,33H,14-25H2,1H3. The molecule has 0 aliphatic rings. The lowest BCUT2D eigenvalue weighted by molar-refractivity contribution is 0.0247. The van der Waals surface area contributed by atoms with Gasteiger partial charge in [0.15, 0.2) is 5.78 Å². The van der Waals surface area contributed by atoms with Crippen LogP contribution in [-0.4, -0.2) is 98.6 Å². The molecule has 0 aromatic heterocycles. The van der Waals surface area contributed by atoms with Gasteiger partial charge in [-0.2, -0.15) is 8.42 Å². The molecule has 11 nitrogen and oxygen atoms in total. The van der Waals surface area contributed by atoms with E-state index in [1.54, 1.807) is 60.7 Å². The topological polar surface area (TPSA) is 136 Å². The zero-order valence-electron chi connectivity index (χ0n) is 24.9. The number of aliphatic hydroxyl groups is 1. The van der Waals surface area contributed by atoms with Crippen LogP contribution in [0.5, 0.6) is 11.5 Å². The highest BCUT2D eigenvalue weighted by atomic mass is 32.2. The molecule has 0 aliphatic carbocycles. The summed E-state index contributed by atoms with van der Waals surface area (Å²) in [5.74, 6) is 1.13. The number of ketones is 1. The number of hydrogen-bond donors (Lipinski definition) is 1. The van der Waals surface area contributed by atoms with Crippen LogP contribution in [0, 0.1) is 6.92 Å². The van der Waals surface area contributed by atoms with Crippen LogP contribution in [0.3, 0.4) is 0 Å². The van der Waals surface area contributed by atoms with Crippen LogP contribution >= 0.6 is 0 Å². The van der Waals surface area contributed by atoms with Crippen molar-refractivity contribution < 1.29 is 50.9 Å². The number of hydrogen-bond acceptors (Lipinski definition) is 11. The van der Waals surface area contributed by atoms with Gasteiger partial charge >= 0.3 is 0 Å². The first-order chi connectivity index (χ1) is 21.4. The summed E-state index contributed by atoms with van der Waals surface area (Å²) < 4.78 is 61.8.